The van der Waals surface area contributed by atoms with Gasteiger partial charge in [0.1, 0.15) is 18.2 Å². The number of esters is 1. The third-order valence-corrected chi connectivity index (χ3v) is 5.19. The van der Waals surface area contributed by atoms with Crippen molar-refractivity contribution in [2.24, 2.45) is 4.99 Å². The van der Waals surface area contributed by atoms with Gasteiger partial charge in [-0.1, -0.05) is 24.3 Å². The first kappa shape index (κ1) is 19.5. The summed E-state index contributed by atoms with van der Waals surface area (Å²) in [6.07, 6.45) is 0. The number of nitrogens with zero attached hydrogens (tertiary/aromatic N) is 1. The fourth-order valence-electron chi connectivity index (χ4n) is 2.44. The Bertz CT molecular complexity index is 1040. The molecule has 146 valence electrons. The number of amidine groups is 1. The molecule has 1 aliphatic rings. The number of sulfonamides is 1. The first-order valence-electron chi connectivity index (χ1n) is 8.18. The predicted molar refractivity (Wildman–Crippen MR) is 97.4 cm³/mol. The van der Waals surface area contributed by atoms with Crippen molar-refractivity contribution >= 4 is 27.7 Å². The van der Waals surface area contributed by atoms with Crippen molar-refractivity contribution in [3.8, 4) is 0 Å². The minimum absolute atomic E-state index is 0.0494. The molecule has 0 aliphatic carbocycles. The van der Waals surface area contributed by atoms with E-state index in [1.807, 2.05) is 0 Å². The van der Waals surface area contributed by atoms with Crippen molar-refractivity contribution in [1.29, 1.82) is 0 Å². The lowest BCUT2D eigenvalue weighted by Gasteiger charge is -2.06. The summed E-state index contributed by atoms with van der Waals surface area (Å²) in [6.45, 7) is -0.790. The van der Waals surface area contributed by atoms with Gasteiger partial charge in [0.05, 0.1) is 4.90 Å². The fourth-order valence-corrected chi connectivity index (χ4v) is 3.69. The number of halogens is 1. The highest BCUT2D eigenvalue weighted by molar-refractivity contribution is 7.90. The molecule has 0 aromatic heterocycles. The minimum atomic E-state index is -3.69. The first-order valence-corrected chi connectivity index (χ1v) is 9.67. The lowest BCUT2D eigenvalue weighted by molar-refractivity contribution is -0.147. The zero-order valence-corrected chi connectivity index (χ0v) is 15.3. The zero-order chi connectivity index (χ0) is 20.1. The Morgan fingerprint density at radius 3 is 2.57 bits per heavy atom. The molecule has 0 saturated carbocycles. The van der Waals surface area contributed by atoms with Crippen LogP contribution < -0.4 is 10.0 Å². The molecule has 0 atom stereocenters. The summed E-state index contributed by atoms with van der Waals surface area (Å²) in [6, 6.07) is 11.8. The lowest BCUT2D eigenvalue weighted by Crippen LogP contribution is -2.29. The van der Waals surface area contributed by atoms with Crippen LogP contribution in [0.1, 0.15) is 11.1 Å². The van der Waals surface area contributed by atoms with Crippen LogP contribution in [-0.4, -0.2) is 39.3 Å². The Hall–Kier alpha value is -3.27. The van der Waals surface area contributed by atoms with Crippen LogP contribution in [0.3, 0.4) is 0 Å². The highest BCUT2D eigenvalue weighted by Gasteiger charge is 2.30. The van der Waals surface area contributed by atoms with Crippen molar-refractivity contribution in [1.82, 2.24) is 10.0 Å². The molecular weight excluding hydrogens is 389 g/mol. The highest BCUT2D eigenvalue weighted by Crippen LogP contribution is 2.21. The maximum atomic E-state index is 12.8. The predicted octanol–water partition coefficient (Wildman–Crippen LogP) is 0.724. The Balaban J connectivity index is 1.48. The van der Waals surface area contributed by atoms with Gasteiger partial charge in [-0.2, -0.15) is 0 Å². The zero-order valence-electron chi connectivity index (χ0n) is 14.5. The fraction of sp³-hybridized carbons (Fsp3) is 0.167. The summed E-state index contributed by atoms with van der Waals surface area (Å²) in [5.74, 6) is -1.64. The smallest absolute Gasteiger partial charge is 0.328 e. The standard InChI is InChI=1S/C18H16FN3O5S/c19-13-7-5-12(6-8-13)9-20-16(23)11-27-17(24)10-21-18-14-3-1-2-4-15(14)28(25,26)22-18/h1-8H,9-11H2,(H,20,23)(H,21,22). The molecule has 0 bridgehead atoms. The number of hydrogen-bond donors (Lipinski definition) is 2. The van der Waals surface area contributed by atoms with Crippen molar-refractivity contribution in [2.45, 2.75) is 11.4 Å². The second-order valence-corrected chi connectivity index (χ2v) is 7.48. The summed E-state index contributed by atoms with van der Waals surface area (Å²) in [5, 5.41) is 2.53. The molecule has 28 heavy (non-hydrogen) atoms. The maximum absolute atomic E-state index is 12.8. The molecule has 0 fully saturated rings. The molecule has 1 amide bonds. The van der Waals surface area contributed by atoms with Gasteiger partial charge in [0, 0.05) is 12.1 Å². The average Bonchev–Trinajstić information content (AvgIpc) is 2.95. The van der Waals surface area contributed by atoms with Gasteiger partial charge in [-0.05, 0) is 29.8 Å². The highest BCUT2D eigenvalue weighted by atomic mass is 32.2. The summed E-state index contributed by atoms with van der Waals surface area (Å²) < 4.78 is 43.8. The number of benzene rings is 2. The number of ether oxygens (including phenoxy) is 1. The van der Waals surface area contributed by atoms with E-state index in [0.29, 0.717) is 11.1 Å². The molecule has 0 saturated heterocycles. The number of carbonyl (C=O) groups is 2. The summed E-state index contributed by atoms with van der Waals surface area (Å²) in [5.41, 5.74) is 1.06. The van der Waals surface area contributed by atoms with Gasteiger partial charge in [0.25, 0.3) is 15.9 Å². The Labute approximate surface area is 160 Å². The molecule has 2 aromatic rings. The van der Waals surface area contributed by atoms with Crippen LogP contribution in [0.5, 0.6) is 0 Å². The molecular formula is C18H16FN3O5S. The van der Waals surface area contributed by atoms with E-state index in [0.717, 1.165) is 0 Å². The summed E-state index contributed by atoms with van der Waals surface area (Å²) >= 11 is 0. The number of carbonyl (C=O) groups excluding carboxylic acids is 2. The molecule has 8 nitrogen and oxygen atoms in total. The van der Waals surface area contributed by atoms with Gasteiger partial charge in [0.15, 0.2) is 6.61 Å². The van der Waals surface area contributed by atoms with Gasteiger partial charge >= 0.3 is 5.97 Å². The van der Waals surface area contributed by atoms with E-state index in [4.69, 9.17) is 4.74 Å². The Morgan fingerprint density at radius 2 is 1.82 bits per heavy atom. The number of rotatable bonds is 6. The van der Waals surface area contributed by atoms with E-state index in [9.17, 15) is 22.4 Å². The van der Waals surface area contributed by atoms with Crippen molar-refractivity contribution in [2.75, 3.05) is 13.2 Å². The van der Waals surface area contributed by atoms with Crippen LogP contribution in [0.25, 0.3) is 0 Å². The lowest BCUT2D eigenvalue weighted by atomic mass is 10.2. The minimum Gasteiger partial charge on any atom is -0.454 e. The van der Waals surface area contributed by atoms with E-state index in [1.54, 1.807) is 18.2 Å². The molecule has 0 radical (unpaired) electrons. The number of hydrogen-bond acceptors (Lipinski definition) is 6. The monoisotopic (exact) mass is 405 g/mol. The molecule has 1 aliphatic heterocycles. The Kier molecular flexibility index (Phi) is 5.69. The molecule has 3 rings (SSSR count). The molecule has 2 N–H and O–H groups in total. The van der Waals surface area contributed by atoms with Crippen LogP contribution >= 0.6 is 0 Å². The largest absolute Gasteiger partial charge is 0.454 e. The number of amides is 1. The Morgan fingerprint density at radius 1 is 1.11 bits per heavy atom. The van der Waals surface area contributed by atoms with Crippen molar-refractivity contribution < 1.29 is 27.1 Å². The second kappa shape index (κ2) is 8.17. The van der Waals surface area contributed by atoms with Gasteiger partial charge in [0.2, 0.25) is 0 Å². The molecule has 2 aromatic carbocycles. The van der Waals surface area contributed by atoms with Gasteiger partial charge in [-0.3, -0.25) is 19.3 Å². The van der Waals surface area contributed by atoms with E-state index < -0.39 is 35.1 Å². The number of fused-ring (bicyclic) bond motifs is 1. The van der Waals surface area contributed by atoms with Crippen LogP contribution in [0, 0.1) is 5.82 Å². The van der Waals surface area contributed by atoms with Crippen LogP contribution in [0.4, 0.5) is 4.39 Å². The normalized spacial score (nSPS) is 15.5. The molecule has 1 heterocycles. The molecule has 0 unspecified atom stereocenters. The SMILES string of the molecule is O=C(COC(=O)CN=C1NS(=O)(=O)c2ccccc21)NCc1ccc(F)cc1. The topological polar surface area (TPSA) is 114 Å². The first-order chi connectivity index (χ1) is 13.3. The van der Waals surface area contributed by atoms with Crippen LogP contribution in [0.2, 0.25) is 0 Å². The van der Waals surface area contributed by atoms with E-state index in [2.05, 4.69) is 15.0 Å². The molecule has 0 spiro atoms. The van der Waals surface area contributed by atoms with Gasteiger partial charge in [-0.15, -0.1) is 0 Å². The van der Waals surface area contributed by atoms with Crippen LogP contribution in [-0.2, 0) is 30.9 Å². The van der Waals surface area contributed by atoms with Crippen LogP contribution in [0.15, 0.2) is 58.4 Å². The average molecular weight is 405 g/mol. The third kappa shape index (κ3) is 4.71. The quantitative estimate of drug-likeness (QED) is 0.688. The maximum Gasteiger partial charge on any atom is 0.328 e. The van der Waals surface area contributed by atoms with Gasteiger partial charge < -0.3 is 10.1 Å². The second-order valence-electron chi connectivity index (χ2n) is 5.83. The molecule has 10 heteroatoms. The van der Waals surface area contributed by atoms with E-state index in [1.165, 1.54) is 30.3 Å². The number of nitrogens with one attached hydrogen (secondary N) is 2. The van der Waals surface area contributed by atoms with Crippen molar-refractivity contribution in [3.05, 3.63) is 65.5 Å². The summed E-state index contributed by atoms with van der Waals surface area (Å²) in [4.78, 5) is 27.5. The van der Waals surface area contributed by atoms with E-state index >= 15 is 0 Å². The third-order valence-electron chi connectivity index (χ3n) is 3.80. The van der Waals surface area contributed by atoms with Crippen molar-refractivity contribution in [3.63, 3.8) is 0 Å². The van der Waals surface area contributed by atoms with E-state index in [-0.39, 0.29) is 23.1 Å². The number of aliphatic imine (C=N–C) groups is 1. The summed E-state index contributed by atoms with van der Waals surface area (Å²) in [7, 11) is -3.69. The van der Waals surface area contributed by atoms with Gasteiger partial charge in [-0.25, -0.2) is 12.8 Å².